The van der Waals surface area contributed by atoms with Gasteiger partial charge in [0.25, 0.3) is 0 Å². The van der Waals surface area contributed by atoms with Crippen molar-refractivity contribution in [3.8, 4) is 0 Å². The predicted octanol–water partition coefficient (Wildman–Crippen LogP) is 5.40. The highest BCUT2D eigenvalue weighted by molar-refractivity contribution is 7.92. The van der Waals surface area contributed by atoms with Gasteiger partial charge in [0.05, 0.1) is 11.9 Å². The molecular formula is C33H38ClN3O5S. The molecule has 0 heterocycles. The number of carbonyl (C=O) groups is 3. The van der Waals surface area contributed by atoms with Crippen molar-refractivity contribution in [1.29, 1.82) is 0 Å². The van der Waals surface area contributed by atoms with Crippen LogP contribution in [-0.4, -0.2) is 55.8 Å². The Morgan fingerprint density at radius 1 is 0.907 bits per heavy atom. The largest absolute Gasteiger partial charge is 0.352 e. The van der Waals surface area contributed by atoms with Crippen LogP contribution in [0.5, 0.6) is 0 Å². The number of amides is 2. The highest BCUT2D eigenvalue weighted by Gasteiger charge is 2.34. The van der Waals surface area contributed by atoms with E-state index < -0.39 is 28.5 Å². The van der Waals surface area contributed by atoms with Crippen molar-refractivity contribution in [3.05, 3.63) is 101 Å². The molecule has 0 aromatic heterocycles. The second-order valence-corrected chi connectivity index (χ2v) is 13.4. The molecule has 4 rings (SSSR count). The quantitative estimate of drug-likeness (QED) is 0.272. The fourth-order valence-electron chi connectivity index (χ4n) is 5.38. The number of hydrogen-bond donors (Lipinski definition) is 1. The number of carbonyl (C=O) groups excluding carboxylic acids is 3. The summed E-state index contributed by atoms with van der Waals surface area (Å²) in [5.74, 6) is -1.05. The molecule has 1 atom stereocenters. The van der Waals surface area contributed by atoms with E-state index in [9.17, 15) is 22.8 Å². The maximum atomic E-state index is 14.2. The minimum Gasteiger partial charge on any atom is -0.352 e. The SMILES string of the molecule is CC(=O)c1cccc(N(CC(=O)N(Cc2ccc(Cl)cc2)C(Cc2ccccc2)C(=O)NC2CCCCC2)S(C)(=O)=O)c1. The lowest BCUT2D eigenvalue weighted by Gasteiger charge is -2.35. The molecule has 0 bridgehead atoms. The van der Waals surface area contributed by atoms with Gasteiger partial charge in [-0.25, -0.2) is 8.42 Å². The van der Waals surface area contributed by atoms with Gasteiger partial charge >= 0.3 is 0 Å². The Hall–Kier alpha value is -3.69. The van der Waals surface area contributed by atoms with E-state index in [-0.39, 0.29) is 36.4 Å². The average molecular weight is 624 g/mol. The van der Waals surface area contributed by atoms with Crippen LogP contribution in [0.25, 0.3) is 0 Å². The molecule has 0 aliphatic heterocycles. The van der Waals surface area contributed by atoms with Gasteiger partial charge in [-0.05, 0) is 55.2 Å². The van der Waals surface area contributed by atoms with Gasteiger partial charge in [0.2, 0.25) is 21.8 Å². The van der Waals surface area contributed by atoms with Gasteiger partial charge in [0, 0.05) is 29.6 Å². The number of rotatable bonds is 12. The van der Waals surface area contributed by atoms with E-state index in [1.54, 1.807) is 42.5 Å². The fourth-order valence-corrected chi connectivity index (χ4v) is 6.35. The fraction of sp³-hybridized carbons (Fsp3) is 0.364. The maximum absolute atomic E-state index is 14.2. The molecule has 43 heavy (non-hydrogen) atoms. The van der Waals surface area contributed by atoms with Gasteiger partial charge in [0.1, 0.15) is 12.6 Å². The second kappa shape index (κ2) is 14.7. The molecule has 1 aliphatic carbocycles. The molecule has 228 valence electrons. The van der Waals surface area contributed by atoms with Gasteiger partial charge in [-0.1, -0.05) is 85.5 Å². The number of halogens is 1. The molecule has 10 heteroatoms. The Labute approximate surface area is 259 Å². The number of hydrogen-bond acceptors (Lipinski definition) is 5. The van der Waals surface area contributed by atoms with Crippen LogP contribution in [0.3, 0.4) is 0 Å². The van der Waals surface area contributed by atoms with Crippen LogP contribution >= 0.6 is 11.6 Å². The average Bonchev–Trinajstić information content (AvgIpc) is 2.99. The van der Waals surface area contributed by atoms with Crippen LogP contribution in [-0.2, 0) is 32.6 Å². The number of ketones is 1. The molecule has 2 amide bonds. The number of nitrogens with one attached hydrogen (secondary N) is 1. The Bertz CT molecular complexity index is 1520. The third kappa shape index (κ3) is 9.15. The number of Topliss-reactive ketones (excluding diaryl/α,β-unsaturated/α-hetero) is 1. The summed E-state index contributed by atoms with van der Waals surface area (Å²) < 4.78 is 27.0. The van der Waals surface area contributed by atoms with Crippen molar-refractivity contribution in [3.63, 3.8) is 0 Å². The minimum atomic E-state index is -3.94. The standard InChI is InChI=1S/C33H38ClN3O5S/c1-24(38)27-12-9-15-30(21-27)37(43(2,41)42)23-32(39)36(22-26-16-18-28(34)19-17-26)31(20-25-10-5-3-6-11-25)33(40)35-29-13-7-4-8-14-29/h3,5-6,9-12,15-19,21,29,31H,4,7-8,13-14,20,22-23H2,1-2H3,(H,35,40). The van der Waals surface area contributed by atoms with Gasteiger partial charge in [-0.2, -0.15) is 0 Å². The van der Waals surface area contributed by atoms with Gasteiger partial charge in [0.15, 0.2) is 5.78 Å². The van der Waals surface area contributed by atoms with Crippen LogP contribution in [0.4, 0.5) is 5.69 Å². The zero-order valence-corrected chi connectivity index (χ0v) is 26.1. The monoisotopic (exact) mass is 623 g/mol. The molecule has 1 fully saturated rings. The van der Waals surface area contributed by atoms with Crippen molar-refractivity contribution in [2.45, 2.75) is 64.1 Å². The molecule has 3 aromatic carbocycles. The van der Waals surface area contributed by atoms with Crippen LogP contribution in [0.2, 0.25) is 5.02 Å². The summed E-state index contributed by atoms with van der Waals surface area (Å²) in [4.78, 5) is 41.7. The number of sulfonamides is 1. The lowest BCUT2D eigenvalue weighted by molar-refractivity contribution is -0.140. The molecule has 3 aromatic rings. The van der Waals surface area contributed by atoms with E-state index in [4.69, 9.17) is 11.6 Å². The van der Waals surface area contributed by atoms with Crippen molar-refractivity contribution in [1.82, 2.24) is 10.2 Å². The summed E-state index contributed by atoms with van der Waals surface area (Å²) in [7, 11) is -3.94. The van der Waals surface area contributed by atoms with Crippen LogP contribution in [0.1, 0.15) is 60.5 Å². The van der Waals surface area contributed by atoms with Crippen molar-refractivity contribution < 1.29 is 22.8 Å². The Balaban J connectivity index is 1.73. The molecule has 8 nitrogen and oxygen atoms in total. The highest BCUT2D eigenvalue weighted by atomic mass is 35.5. The second-order valence-electron chi connectivity index (χ2n) is 11.1. The van der Waals surface area contributed by atoms with Crippen LogP contribution in [0, 0.1) is 0 Å². The third-order valence-electron chi connectivity index (χ3n) is 7.71. The van der Waals surface area contributed by atoms with E-state index >= 15 is 0 Å². The zero-order chi connectivity index (χ0) is 31.0. The number of nitrogens with zero attached hydrogens (tertiary/aromatic N) is 2. The van der Waals surface area contributed by atoms with Gasteiger partial charge in [-0.15, -0.1) is 0 Å². The molecular weight excluding hydrogens is 586 g/mol. The minimum absolute atomic E-state index is 0.0221. The summed E-state index contributed by atoms with van der Waals surface area (Å²) in [6, 6.07) is 21.7. The highest BCUT2D eigenvalue weighted by Crippen LogP contribution is 2.23. The summed E-state index contributed by atoms with van der Waals surface area (Å²) >= 11 is 6.12. The van der Waals surface area contributed by atoms with Crippen molar-refractivity contribution >= 4 is 44.9 Å². The smallest absolute Gasteiger partial charge is 0.244 e. The topological polar surface area (TPSA) is 104 Å². The first-order valence-corrected chi connectivity index (χ1v) is 16.7. The number of anilines is 1. The summed E-state index contributed by atoms with van der Waals surface area (Å²) in [5.41, 5.74) is 2.13. The Morgan fingerprint density at radius 3 is 2.21 bits per heavy atom. The first-order valence-electron chi connectivity index (χ1n) is 14.5. The lowest BCUT2D eigenvalue weighted by atomic mass is 9.94. The first-order chi connectivity index (χ1) is 20.5. The molecule has 1 saturated carbocycles. The van der Waals surface area contributed by atoms with Gasteiger partial charge < -0.3 is 10.2 Å². The van der Waals surface area contributed by atoms with Crippen molar-refractivity contribution in [2.75, 3.05) is 17.1 Å². The molecule has 1 aliphatic rings. The normalized spacial score (nSPS) is 14.5. The van der Waals surface area contributed by atoms with Gasteiger partial charge in [-0.3, -0.25) is 18.7 Å². The third-order valence-corrected chi connectivity index (χ3v) is 9.10. The summed E-state index contributed by atoms with van der Waals surface area (Å²) in [6.07, 6.45) is 6.22. The maximum Gasteiger partial charge on any atom is 0.244 e. The Morgan fingerprint density at radius 2 is 1.58 bits per heavy atom. The van der Waals surface area contributed by atoms with E-state index in [0.29, 0.717) is 10.6 Å². The molecule has 0 saturated heterocycles. The molecule has 1 unspecified atom stereocenters. The predicted molar refractivity (Wildman–Crippen MR) is 170 cm³/mol. The van der Waals surface area contributed by atoms with E-state index in [0.717, 1.165) is 53.8 Å². The molecule has 0 radical (unpaired) electrons. The summed E-state index contributed by atoms with van der Waals surface area (Å²) in [6.45, 7) is 0.911. The van der Waals surface area contributed by atoms with Crippen molar-refractivity contribution in [2.24, 2.45) is 0 Å². The lowest BCUT2D eigenvalue weighted by Crippen LogP contribution is -2.55. The number of benzene rings is 3. The van der Waals surface area contributed by atoms with E-state index in [1.165, 1.54) is 17.9 Å². The Kier molecular flexibility index (Phi) is 11.0. The summed E-state index contributed by atoms with van der Waals surface area (Å²) in [5, 5.41) is 3.71. The van der Waals surface area contributed by atoms with Crippen LogP contribution in [0.15, 0.2) is 78.9 Å². The zero-order valence-electron chi connectivity index (χ0n) is 24.5. The van der Waals surface area contributed by atoms with Crippen LogP contribution < -0.4 is 9.62 Å². The van der Waals surface area contributed by atoms with E-state index in [2.05, 4.69) is 5.32 Å². The van der Waals surface area contributed by atoms with E-state index in [1.807, 2.05) is 30.3 Å². The first kappa shape index (κ1) is 32.2. The molecule has 1 N–H and O–H groups in total. The molecule has 0 spiro atoms.